The van der Waals surface area contributed by atoms with E-state index in [9.17, 15) is 8.42 Å². The summed E-state index contributed by atoms with van der Waals surface area (Å²) in [7, 11) is -3.63. The van der Waals surface area contributed by atoms with Crippen molar-refractivity contribution in [2.45, 2.75) is 43.1 Å². The maximum atomic E-state index is 11.3. The van der Waals surface area contributed by atoms with Crippen LogP contribution in [0.15, 0.2) is 47.5 Å². The normalized spacial score (nSPS) is 20.5. The fourth-order valence-corrected chi connectivity index (χ4v) is 3.27. The van der Waals surface area contributed by atoms with E-state index in [0.717, 1.165) is 12.0 Å². The van der Waals surface area contributed by atoms with E-state index in [-0.39, 0.29) is 11.0 Å². The van der Waals surface area contributed by atoms with Gasteiger partial charge >= 0.3 is 0 Å². The molecule has 0 saturated heterocycles. The number of nitrogens with two attached hydrogens (primary N) is 1. The number of hydrogen-bond donors (Lipinski definition) is 1. The molecular weight excluding hydrogens is 312 g/mol. The summed E-state index contributed by atoms with van der Waals surface area (Å²) in [6, 6.07) is 10.8. The van der Waals surface area contributed by atoms with Crippen LogP contribution in [0.25, 0.3) is 0 Å². The molecule has 0 spiro atoms. The maximum Gasteiger partial charge on any atom is 0.238 e. The monoisotopic (exact) mass is 332 g/mol. The number of primary sulfonamides is 1. The van der Waals surface area contributed by atoms with Gasteiger partial charge in [0.25, 0.3) is 0 Å². The van der Waals surface area contributed by atoms with Gasteiger partial charge in [0.15, 0.2) is 0 Å². The molecule has 1 aliphatic rings. The lowest BCUT2D eigenvalue weighted by Gasteiger charge is -2.09. The summed E-state index contributed by atoms with van der Waals surface area (Å²) < 4.78 is 28.1. The van der Waals surface area contributed by atoms with Crippen LogP contribution in [-0.2, 0) is 10.0 Å². The van der Waals surface area contributed by atoms with Crippen LogP contribution in [0.1, 0.15) is 43.2 Å². The van der Waals surface area contributed by atoms with Crippen molar-refractivity contribution < 1.29 is 13.2 Å². The summed E-state index contributed by atoms with van der Waals surface area (Å²) in [5, 5.41) is 5.12. The first-order valence-electron chi connectivity index (χ1n) is 7.60. The second-order valence-electron chi connectivity index (χ2n) is 6.16. The summed E-state index contributed by atoms with van der Waals surface area (Å²) >= 11 is 0. The van der Waals surface area contributed by atoms with Crippen molar-refractivity contribution in [2.75, 3.05) is 0 Å². The van der Waals surface area contributed by atoms with Crippen LogP contribution in [0.5, 0.6) is 5.88 Å². The van der Waals surface area contributed by atoms with E-state index >= 15 is 0 Å². The minimum atomic E-state index is -3.63. The third-order valence-electron chi connectivity index (χ3n) is 3.97. The number of rotatable bonds is 5. The molecule has 1 aromatic carbocycles. The molecule has 6 heteroatoms. The van der Waals surface area contributed by atoms with Gasteiger partial charge in [-0.25, -0.2) is 18.5 Å². The molecule has 0 aliphatic heterocycles. The smallest absolute Gasteiger partial charge is 0.238 e. The van der Waals surface area contributed by atoms with Gasteiger partial charge in [-0.15, -0.1) is 0 Å². The van der Waals surface area contributed by atoms with Crippen LogP contribution in [0.2, 0.25) is 0 Å². The molecule has 1 aromatic heterocycles. The number of sulfonamides is 1. The van der Waals surface area contributed by atoms with Crippen molar-refractivity contribution in [2.24, 2.45) is 5.14 Å². The number of benzene rings is 1. The van der Waals surface area contributed by atoms with Gasteiger partial charge in [0, 0.05) is 12.3 Å². The third-order valence-corrected chi connectivity index (χ3v) is 4.90. The second-order valence-corrected chi connectivity index (χ2v) is 7.72. The Kier molecular flexibility index (Phi) is 4.12. The minimum absolute atomic E-state index is 0.111. The SMILES string of the molecule is CC(C)Oc1ccc(C2CC2c2ccc(S(N)(=O)=O)cc2)cn1. The van der Waals surface area contributed by atoms with Crippen molar-refractivity contribution in [3.05, 3.63) is 53.7 Å². The van der Waals surface area contributed by atoms with Crippen LogP contribution >= 0.6 is 0 Å². The van der Waals surface area contributed by atoms with E-state index in [1.54, 1.807) is 12.1 Å². The Hall–Kier alpha value is -1.92. The van der Waals surface area contributed by atoms with E-state index in [4.69, 9.17) is 9.88 Å². The summed E-state index contributed by atoms with van der Waals surface area (Å²) in [5.74, 6) is 1.47. The number of ether oxygens (including phenoxy) is 1. The van der Waals surface area contributed by atoms with Gasteiger partial charge in [0.2, 0.25) is 15.9 Å². The topological polar surface area (TPSA) is 82.3 Å². The average molecular weight is 332 g/mol. The molecule has 122 valence electrons. The zero-order valence-corrected chi connectivity index (χ0v) is 14.0. The third kappa shape index (κ3) is 3.71. The summed E-state index contributed by atoms with van der Waals surface area (Å²) in [4.78, 5) is 4.48. The lowest BCUT2D eigenvalue weighted by Crippen LogP contribution is -2.11. The van der Waals surface area contributed by atoms with Crippen molar-refractivity contribution in [1.82, 2.24) is 4.98 Å². The van der Waals surface area contributed by atoms with Gasteiger partial charge in [-0.05, 0) is 55.4 Å². The maximum absolute atomic E-state index is 11.3. The predicted molar refractivity (Wildman–Crippen MR) is 87.9 cm³/mol. The molecule has 5 nitrogen and oxygen atoms in total. The minimum Gasteiger partial charge on any atom is -0.475 e. The average Bonchev–Trinajstić information content (AvgIpc) is 3.27. The molecule has 0 bridgehead atoms. The van der Waals surface area contributed by atoms with E-state index in [2.05, 4.69) is 4.98 Å². The lowest BCUT2D eigenvalue weighted by atomic mass is 10.1. The zero-order chi connectivity index (χ0) is 16.6. The highest BCUT2D eigenvalue weighted by Gasteiger charge is 2.39. The van der Waals surface area contributed by atoms with Crippen molar-refractivity contribution in [1.29, 1.82) is 0 Å². The number of aromatic nitrogens is 1. The lowest BCUT2D eigenvalue weighted by molar-refractivity contribution is 0.232. The van der Waals surface area contributed by atoms with Crippen LogP contribution in [0, 0.1) is 0 Å². The van der Waals surface area contributed by atoms with Crippen LogP contribution in [0.4, 0.5) is 0 Å². The second kappa shape index (κ2) is 5.94. The molecule has 2 unspecified atom stereocenters. The Bertz CT molecular complexity index is 784. The van der Waals surface area contributed by atoms with E-state index < -0.39 is 10.0 Å². The van der Waals surface area contributed by atoms with Crippen molar-refractivity contribution >= 4 is 10.0 Å². The highest BCUT2D eigenvalue weighted by Crippen LogP contribution is 2.54. The van der Waals surface area contributed by atoms with Gasteiger partial charge in [-0.2, -0.15) is 0 Å². The standard InChI is InChI=1S/C17H20N2O3S/c1-11(2)22-17-8-5-13(10-19-17)16-9-15(16)12-3-6-14(7-4-12)23(18,20)21/h3-8,10-11,15-16H,9H2,1-2H3,(H2,18,20,21). The van der Waals surface area contributed by atoms with E-state index in [1.807, 2.05) is 44.3 Å². The molecule has 23 heavy (non-hydrogen) atoms. The van der Waals surface area contributed by atoms with Crippen LogP contribution in [0.3, 0.4) is 0 Å². The summed E-state index contributed by atoms with van der Waals surface area (Å²) in [6.07, 6.45) is 3.02. The van der Waals surface area contributed by atoms with Gasteiger partial charge in [0.1, 0.15) is 0 Å². The molecule has 0 amide bonds. The molecule has 2 N–H and O–H groups in total. The summed E-state index contributed by atoms with van der Waals surface area (Å²) in [5.41, 5.74) is 2.31. The quantitative estimate of drug-likeness (QED) is 0.912. The Morgan fingerprint density at radius 3 is 2.22 bits per heavy atom. The Balaban J connectivity index is 1.69. The van der Waals surface area contributed by atoms with Crippen molar-refractivity contribution in [3.63, 3.8) is 0 Å². The molecule has 2 atom stereocenters. The Labute approximate surface area is 136 Å². The molecule has 1 aliphatic carbocycles. The molecule has 2 aromatic rings. The first-order valence-corrected chi connectivity index (χ1v) is 9.14. The van der Waals surface area contributed by atoms with Crippen LogP contribution in [-0.4, -0.2) is 19.5 Å². The van der Waals surface area contributed by atoms with E-state index in [0.29, 0.717) is 17.7 Å². The predicted octanol–water partition coefficient (Wildman–Crippen LogP) is 2.79. The van der Waals surface area contributed by atoms with Gasteiger partial charge in [-0.3, -0.25) is 0 Å². The number of nitrogens with zero attached hydrogens (tertiary/aromatic N) is 1. The van der Waals surface area contributed by atoms with Gasteiger partial charge in [0.05, 0.1) is 11.0 Å². The molecular formula is C17H20N2O3S. The van der Waals surface area contributed by atoms with Crippen molar-refractivity contribution in [3.8, 4) is 5.88 Å². The molecule has 1 saturated carbocycles. The number of hydrogen-bond acceptors (Lipinski definition) is 4. The molecule has 1 heterocycles. The highest BCUT2D eigenvalue weighted by atomic mass is 32.2. The van der Waals surface area contributed by atoms with Gasteiger partial charge in [-0.1, -0.05) is 18.2 Å². The van der Waals surface area contributed by atoms with Gasteiger partial charge < -0.3 is 4.74 Å². The summed E-state index contributed by atoms with van der Waals surface area (Å²) in [6.45, 7) is 3.94. The fourth-order valence-electron chi connectivity index (χ4n) is 2.76. The zero-order valence-electron chi connectivity index (χ0n) is 13.1. The highest BCUT2D eigenvalue weighted by molar-refractivity contribution is 7.89. The molecule has 3 rings (SSSR count). The first-order chi connectivity index (χ1) is 10.8. The molecule has 0 radical (unpaired) electrons. The largest absolute Gasteiger partial charge is 0.475 e. The Morgan fingerprint density at radius 1 is 1.09 bits per heavy atom. The molecule has 1 fully saturated rings. The Morgan fingerprint density at radius 2 is 1.70 bits per heavy atom. The van der Waals surface area contributed by atoms with E-state index in [1.165, 1.54) is 5.56 Å². The number of pyridine rings is 1. The van der Waals surface area contributed by atoms with Crippen LogP contribution < -0.4 is 9.88 Å². The first kappa shape index (κ1) is 16.0. The fraction of sp³-hybridized carbons (Fsp3) is 0.353.